The quantitative estimate of drug-likeness (QED) is 0.626. The van der Waals surface area contributed by atoms with Gasteiger partial charge in [0.25, 0.3) is 0 Å². The number of hydrogen-bond acceptors (Lipinski definition) is 4. The molecule has 0 aliphatic carbocycles. The highest BCUT2D eigenvalue weighted by atomic mass is 16.4. The van der Waals surface area contributed by atoms with Crippen molar-refractivity contribution in [3.8, 4) is 0 Å². The molecule has 8 nitrogen and oxygen atoms in total. The Morgan fingerprint density at radius 2 is 1.15 bits per heavy atom. The maximum absolute atomic E-state index is 11.1. The summed E-state index contributed by atoms with van der Waals surface area (Å²) in [7, 11) is 0. The standard InChI is InChI=1S/C12H8O8/c1-2-4-7(11(17)18)5(9(13)14)3-6(10(15)16)8(4)12(19)20/h2-3H,1H2,(H,13,14)(H,15,16)(H,17,18)(H,19,20). The molecule has 0 saturated heterocycles. The second-order valence-electron chi connectivity index (χ2n) is 3.56. The highest BCUT2D eigenvalue weighted by Crippen LogP contribution is 2.25. The van der Waals surface area contributed by atoms with E-state index in [1.165, 1.54) is 0 Å². The van der Waals surface area contributed by atoms with Crippen molar-refractivity contribution in [2.45, 2.75) is 0 Å². The van der Waals surface area contributed by atoms with E-state index in [4.69, 9.17) is 20.4 Å². The fourth-order valence-corrected chi connectivity index (χ4v) is 1.71. The first-order chi connectivity index (χ1) is 9.22. The molecule has 0 unspecified atom stereocenters. The van der Waals surface area contributed by atoms with Gasteiger partial charge in [0, 0.05) is 5.56 Å². The number of rotatable bonds is 5. The van der Waals surface area contributed by atoms with Crippen LogP contribution in [0.4, 0.5) is 0 Å². The van der Waals surface area contributed by atoms with Crippen molar-refractivity contribution in [3.63, 3.8) is 0 Å². The molecule has 20 heavy (non-hydrogen) atoms. The Labute approximate surface area is 111 Å². The summed E-state index contributed by atoms with van der Waals surface area (Å²) in [6, 6.07) is 0.505. The van der Waals surface area contributed by atoms with Gasteiger partial charge in [-0.05, 0) is 6.07 Å². The Balaban J connectivity index is 4.04. The molecule has 104 valence electrons. The molecule has 0 spiro atoms. The molecule has 0 radical (unpaired) electrons. The van der Waals surface area contributed by atoms with E-state index in [1.807, 2.05) is 0 Å². The molecule has 0 aliphatic rings. The van der Waals surface area contributed by atoms with E-state index < -0.39 is 51.7 Å². The van der Waals surface area contributed by atoms with Crippen molar-refractivity contribution in [3.05, 3.63) is 40.5 Å². The molecule has 0 amide bonds. The van der Waals surface area contributed by atoms with Crippen molar-refractivity contribution in [1.29, 1.82) is 0 Å². The maximum Gasteiger partial charge on any atom is 0.337 e. The number of hydrogen-bond donors (Lipinski definition) is 4. The molecule has 0 bridgehead atoms. The van der Waals surface area contributed by atoms with Crippen LogP contribution in [0.2, 0.25) is 0 Å². The average molecular weight is 280 g/mol. The molecule has 1 aromatic carbocycles. The van der Waals surface area contributed by atoms with E-state index in [0.717, 1.165) is 6.08 Å². The number of carboxylic acid groups (broad SMARTS) is 4. The van der Waals surface area contributed by atoms with Gasteiger partial charge in [0.15, 0.2) is 0 Å². The van der Waals surface area contributed by atoms with Crippen molar-refractivity contribution in [2.75, 3.05) is 0 Å². The smallest absolute Gasteiger partial charge is 0.337 e. The second-order valence-corrected chi connectivity index (χ2v) is 3.56. The number of carboxylic acids is 4. The van der Waals surface area contributed by atoms with Gasteiger partial charge in [0.1, 0.15) is 0 Å². The first-order valence-electron chi connectivity index (χ1n) is 4.99. The number of benzene rings is 1. The lowest BCUT2D eigenvalue weighted by Gasteiger charge is -2.12. The Bertz CT molecular complexity index is 606. The van der Waals surface area contributed by atoms with Gasteiger partial charge >= 0.3 is 23.9 Å². The Morgan fingerprint density at radius 3 is 1.35 bits per heavy atom. The zero-order valence-corrected chi connectivity index (χ0v) is 9.78. The minimum atomic E-state index is -1.70. The van der Waals surface area contributed by atoms with E-state index >= 15 is 0 Å². The second kappa shape index (κ2) is 5.22. The normalized spacial score (nSPS) is 9.80. The lowest BCUT2D eigenvalue weighted by atomic mass is 9.91. The maximum atomic E-state index is 11.1. The van der Waals surface area contributed by atoms with Crippen LogP contribution in [-0.4, -0.2) is 44.3 Å². The molecule has 0 saturated carbocycles. The van der Waals surface area contributed by atoms with Crippen LogP contribution in [-0.2, 0) is 0 Å². The molecular weight excluding hydrogens is 272 g/mol. The Hall–Kier alpha value is -3.16. The minimum absolute atomic E-state index is 0.505. The molecule has 1 rings (SSSR count). The Morgan fingerprint density at radius 1 is 0.800 bits per heavy atom. The largest absolute Gasteiger partial charge is 0.478 e. The third kappa shape index (κ3) is 2.34. The van der Waals surface area contributed by atoms with Gasteiger partial charge in [-0.1, -0.05) is 12.7 Å². The zero-order chi connectivity index (χ0) is 15.6. The van der Waals surface area contributed by atoms with Gasteiger partial charge in [-0.2, -0.15) is 0 Å². The minimum Gasteiger partial charge on any atom is -0.478 e. The predicted molar refractivity (Wildman–Crippen MR) is 64.4 cm³/mol. The highest BCUT2D eigenvalue weighted by molar-refractivity contribution is 6.12. The number of carbonyl (C=O) groups is 4. The van der Waals surface area contributed by atoms with Crippen LogP contribution in [0.5, 0.6) is 0 Å². The summed E-state index contributed by atoms with van der Waals surface area (Å²) in [6.07, 6.45) is 0.797. The first-order valence-corrected chi connectivity index (χ1v) is 4.99. The van der Waals surface area contributed by atoms with Crippen molar-refractivity contribution in [1.82, 2.24) is 0 Å². The lowest BCUT2D eigenvalue weighted by Crippen LogP contribution is -2.18. The summed E-state index contributed by atoms with van der Waals surface area (Å²) in [6.45, 7) is 3.21. The fraction of sp³-hybridized carbons (Fsp3) is 0. The van der Waals surface area contributed by atoms with Gasteiger partial charge in [0.2, 0.25) is 0 Å². The van der Waals surface area contributed by atoms with E-state index in [0.29, 0.717) is 6.07 Å². The molecule has 0 aliphatic heterocycles. The fourth-order valence-electron chi connectivity index (χ4n) is 1.71. The molecule has 8 heteroatoms. The summed E-state index contributed by atoms with van der Waals surface area (Å²) >= 11 is 0. The van der Waals surface area contributed by atoms with Gasteiger partial charge in [-0.25, -0.2) is 19.2 Å². The third-order valence-corrected chi connectivity index (χ3v) is 2.46. The summed E-state index contributed by atoms with van der Waals surface area (Å²) < 4.78 is 0. The molecular formula is C12H8O8. The van der Waals surface area contributed by atoms with E-state index in [-0.39, 0.29) is 0 Å². The third-order valence-electron chi connectivity index (χ3n) is 2.46. The summed E-state index contributed by atoms with van der Waals surface area (Å²) in [5.41, 5.74) is -3.86. The highest BCUT2D eigenvalue weighted by Gasteiger charge is 2.29. The van der Waals surface area contributed by atoms with Crippen LogP contribution < -0.4 is 0 Å². The predicted octanol–water partition coefficient (Wildman–Crippen LogP) is 1.12. The van der Waals surface area contributed by atoms with E-state index in [1.54, 1.807) is 0 Å². The molecule has 1 aromatic rings. The Kier molecular flexibility index (Phi) is 3.89. The van der Waals surface area contributed by atoms with Gasteiger partial charge in [0.05, 0.1) is 22.3 Å². The summed E-state index contributed by atoms with van der Waals surface area (Å²) in [5, 5.41) is 35.9. The number of aromatic carboxylic acids is 4. The van der Waals surface area contributed by atoms with Gasteiger partial charge < -0.3 is 20.4 Å². The van der Waals surface area contributed by atoms with Crippen LogP contribution >= 0.6 is 0 Å². The first kappa shape index (κ1) is 14.9. The SMILES string of the molecule is C=Cc1c(C(=O)O)c(C(=O)O)cc(C(=O)O)c1C(=O)O. The topological polar surface area (TPSA) is 149 Å². The van der Waals surface area contributed by atoms with E-state index in [2.05, 4.69) is 6.58 Å². The summed E-state index contributed by atoms with van der Waals surface area (Å²) in [5.74, 6) is -6.77. The van der Waals surface area contributed by atoms with Crippen molar-refractivity contribution in [2.24, 2.45) is 0 Å². The van der Waals surface area contributed by atoms with Crippen molar-refractivity contribution < 1.29 is 39.6 Å². The van der Waals surface area contributed by atoms with Gasteiger partial charge in [-0.3, -0.25) is 0 Å². The van der Waals surface area contributed by atoms with Crippen molar-refractivity contribution >= 4 is 30.0 Å². The van der Waals surface area contributed by atoms with Crippen LogP contribution in [0.25, 0.3) is 6.08 Å². The molecule has 0 aromatic heterocycles. The van der Waals surface area contributed by atoms with Gasteiger partial charge in [-0.15, -0.1) is 0 Å². The van der Waals surface area contributed by atoms with E-state index in [9.17, 15) is 19.2 Å². The average Bonchev–Trinajstić information content (AvgIpc) is 2.34. The van der Waals surface area contributed by atoms with Crippen LogP contribution in [0, 0.1) is 0 Å². The van der Waals surface area contributed by atoms with Crippen LogP contribution in [0.15, 0.2) is 12.6 Å². The molecule has 0 atom stereocenters. The zero-order valence-electron chi connectivity index (χ0n) is 9.78. The molecule has 0 fully saturated rings. The molecule has 0 heterocycles. The molecule has 4 N–H and O–H groups in total. The summed E-state index contributed by atoms with van der Waals surface area (Å²) in [4.78, 5) is 44.2. The van der Waals surface area contributed by atoms with Crippen LogP contribution in [0.1, 0.15) is 47.0 Å². The van der Waals surface area contributed by atoms with Crippen LogP contribution in [0.3, 0.4) is 0 Å². The monoisotopic (exact) mass is 280 g/mol. The lowest BCUT2D eigenvalue weighted by molar-refractivity contribution is 0.0636.